The van der Waals surface area contributed by atoms with Gasteiger partial charge in [0.2, 0.25) is 0 Å². The van der Waals surface area contributed by atoms with Gasteiger partial charge in [-0.05, 0) is 79.3 Å². The number of nitrogens with zero attached hydrogens (tertiary/aromatic N) is 1. The number of hydrogen-bond donors (Lipinski definition) is 1. The smallest absolute Gasteiger partial charge is 0.128 e. The average molecular weight is 519 g/mol. The van der Waals surface area contributed by atoms with E-state index in [1.54, 1.807) is 0 Å². The van der Waals surface area contributed by atoms with Crippen molar-refractivity contribution in [2.75, 3.05) is 5.32 Å². The predicted octanol–water partition coefficient (Wildman–Crippen LogP) is 9.11. The second kappa shape index (κ2) is 10.5. The molecule has 3 nitrogen and oxygen atoms in total. The predicted molar refractivity (Wildman–Crippen MR) is 158 cm³/mol. The van der Waals surface area contributed by atoms with Crippen molar-refractivity contribution >= 4 is 29.2 Å². The lowest BCUT2D eigenvalue weighted by Crippen LogP contribution is -2.29. The Morgan fingerprint density at radius 1 is 0.921 bits per heavy atom. The van der Waals surface area contributed by atoms with E-state index in [1.165, 1.54) is 27.9 Å². The zero-order valence-electron chi connectivity index (χ0n) is 21.7. The molecule has 0 fully saturated rings. The topological polar surface area (TPSA) is 33.6 Å². The fraction of sp³-hybridized carbons (Fsp3) is 0.206. The van der Waals surface area contributed by atoms with Crippen LogP contribution in [0.25, 0.3) is 0 Å². The highest BCUT2D eigenvalue weighted by Crippen LogP contribution is 2.50. The van der Waals surface area contributed by atoms with Crippen LogP contribution in [-0.4, -0.2) is 6.21 Å². The summed E-state index contributed by atoms with van der Waals surface area (Å²) in [5.74, 6) is 1.75. The maximum atomic E-state index is 6.30. The van der Waals surface area contributed by atoms with Crippen LogP contribution < -0.4 is 10.1 Å². The molecule has 0 bridgehead atoms. The molecule has 2 aliphatic rings. The molecule has 0 amide bonds. The SMILES string of the molecule is Cc1ccc(COc2ccc(Cl)cc2C=Nc2ccc([C@@H]3Nc4ccc(C)cc4[C@H]4C=CC[C@H]43)cc2)cc1. The van der Waals surface area contributed by atoms with Gasteiger partial charge in [-0.1, -0.05) is 83.4 Å². The number of benzene rings is 4. The highest BCUT2D eigenvalue weighted by molar-refractivity contribution is 6.30. The van der Waals surface area contributed by atoms with Crippen LogP contribution in [0.5, 0.6) is 5.75 Å². The second-order valence-electron chi connectivity index (χ2n) is 10.4. The van der Waals surface area contributed by atoms with E-state index in [0.717, 1.165) is 29.0 Å². The van der Waals surface area contributed by atoms with Gasteiger partial charge in [0.15, 0.2) is 0 Å². The van der Waals surface area contributed by atoms with Crippen molar-refractivity contribution in [2.24, 2.45) is 10.9 Å². The van der Waals surface area contributed by atoms with Gasteiger partial charge >= 0.3 is 0 Å². The molecule has 1 aliphatic heterocycles. The highest BCUT2D eigenvalue weighted by atomic mass is 35.5. The summed E-state index contributed by atoms with van der Waals surface area (Å²) in [6.45, 7) is 4.74. The zero-order valence-corrected chi connectivity index (χ0v) is 22.5. The molecule has 0 radical (unpaired) electrons. The van der Waals surface area contributed by atoms with E-state index in [0.29, 0.717) is 23.5 Å². The van der Waals surface area contributed by atoms with Crippen LogP contribution in [0.3, 0.4) is 0 Å². The van der Waals surface area contributed by atoms with Crippen molar-refractivity contribution < 1.29 is 4.74 Å². The van der Waals surface area contributed by atoms with Gasteiger partial charge in [0.25, 0.3) is 0 Å². The number of allylic oxidation sites excluding steroid dienone is 2. The number of rotatable bonds is 6. The van der Waals surface area contributed by atoms with Crippen LogP contribution in [0, 0.1) is 19.8 Å². The first-order chi connectivity index (χ1) is 18.5. The van der Waals surface area contributed by atoms with Crippen LogP contribution in [-0.2, 0) is 6.61 Å². The third kappa shape index (κ3) is 5.12. The molecule has 38 heavy (non-hydrogen) atoms. The summed E-state index contributed by atoms with van der Waals surface area (Å²) in [6, 6.07) is 29.6. The first-order valence-electron chi connectivity index (χ1n) is 13.2. The fourth-order valence-electron chi connectivity index (χ4n) is 5.55. The number of nitrogens with one attached hydrogen (secondary N) is 1. The van der Waals surface area contributed by atoms with Crippen molar-refractivity contribution in [3.05, 3.63) is 135 Å². The summed E-state index contributed by atoms with van der Waals surface area (Å²) in [7, 11) is 0. The van der Waals surface area contributed by atoms with Gasteiger partial charge in [-0.3, -0.25) is 4.99 Å². The van der Waals surface area contributed by atoms with E-state index in [2.05, 4.69) is 98.0 Å². The van der Waals surface area contributed by atoms with Crippen LogP contribution in [0.2, 0.25) is 5.02 Å². The highest BCUT2D eigenvalue weighted by Gasteiger charge is 2.37. The number of halogens is 1. The lowest BCUT2D eigenvalue weighted by atomic mass is 9.76. The number of anilines is 1. The summed E-state index contributed by atoms with van der Waals surface area (Å²) >= 11 is 6.30. The van der Waals surface area contributed by atoms with Crippen LogP contribution >= 0.6 is 11.6 Å². The largest absolute Gasteiger partial charge is 0.488 e. The normalized spacial score (nSPS) is 19.7. The Hall–Kier alpha value is -3.82. The monoisotopic (exact) mass is 518 g/mol. The maximum Gasteiger partial charge on any atom is 0.128 e. The molecule has 4 aromatic rings. The van der Waals surface area contributed by atoms with Gasteiger partial charge in [0, 0.05) is 28.4 Å². The van der Waals surface area contributed by atoms with Gasteiger partial charge in [0.1, 0.15) is 12.4 Å². The summed E-state index contributed by atoms with van der Waals surface area (Å²) in [5.41, 5.74) is 9.38. The summed E-state index contributed by atoms with van der Waals surface area (Å²) in [6.07, 6.45) is 7.65. The maximum absolute atomic E-state index is 6.30. The molecular weight excluding hydrogens is 488 g/mol. The van der Waals surface area contributed by atoms with Crippen molar-refractivity contribution in [1.29, 1.82) is 0 Å². The quantitative estimate of drug-likeness (QED) is 0.204. The fourth-order valence-corrected chi connectivity index (χ4v) is 5.73. The molecule has 0 spiro atoms. The molecule has 1 heterocycles. The van der Waals surface area contributed by atoms with E-state index < -0.39 is 0 Å². The number of aryl methyl sites for hydroxylation is 2. The standard InChI is InChI=1S/C34H31ClN2O/c1-22-6-9-24(10-7-22)21-38-33-17-13-27(35)19-26(33)20-36-28-14-11-25(12-15-28)34-30-5-3-4-29(30)31-18-23(2)8-16-32(31)37-34/h3-4,6-20,29-30,34,37H,5,21H2,1-2H3/t29-,30+,34-/m0/s1. The van der Waals surface area contributed by atoms with Crippen molar-refractivity contribution in [3.8, 4) is 5.75 Å². The molecular formula is C34H31ClN2O. The minimum Gasteiger partial charge on any atom is -0.488 e. The molecule has 1 aliphatic carbocycles. The summed E-state index contributed by atoms with van der Waals surface area (Å²) in [4.78, 5) is 4.75. The van der Waals surface area contributed by atoms with Crippen molar-refractivity contribution in [2.45, 2.75) is 38.8 Å². The van der Waals surface area contributed by atoms with E-state index in [9.17, 15) is 0 Å². The van der Waals surface area contributed by atoms with Crippen LogP contribution in [0.4, 0.5) is 11.4 Å². The third-order valence-corrected chi connectivity index (χ3v) is 7.85. The number of aliphatic imine (C=N–C) groups is 1. The van der Waals surface area contributed by atoms with E-state index in [1.807, 2.05) is 24.4 Å². The Bertz CT molecular complexity index is 1510. The van der Waals surface area contributed by atoms with Gasteiger partial charge in [0.05, 0.1) is 11.7 Å². The molecule has 0 unspecified atom stereocenters. The summed E-state index contributed by atoms with van der Waals surface area (Å²) in [5, 5.41) is 4.48. The second-order valence-corrected chi connectivity index (χ2v) is 10.8. The molecule has 0 saturated carbocycles. The lowest BCUT2D eigenvalue weighted by molar-refractivity contribution is 0.306. The Labute approximate surface area is 229 Å². The third-order valence-electron chi connectivity index (χ3n) is 7.61. The lowest BCUT2D eigenvalue weighted by Gasteiger charge is -2.37. The van der Waals surface area contributed by atoms with Gasteiger partial charge in [-0.15, -0.1) is 0 Å². The summed E-state index contributed by atoms with van der Waals surface area (Å²) < 4.78 is 6.12. The van der Waals surface area contributed by atoms with E-state index >= 15 is 0 Å². The minimum absolute atomic E-state index is 0.276. The number of ether oxygens (including phenoxy) is 1. The molecule has 4 aromatic carbocycles. The Balaban J connectivity index is 1.19. The Morgan fingerprint density at radius 2 is 1.71 bits per heavy atom. The van der Waals surface area contributed by atoms with Gasteiger partial charge in [-0.25, -0.2) is 0 Å². The zero-order chi connectivity index (χ0) is 26.1. The van der Waals surface area contributed by atoms with Crippen LogP contribution in [0.15, 0.2) is 102 Å². The molecule has 1 N–H and O–H groups in total. The van der Waals surface area contributed by atoms with Crippen molar-refractivity contribution in [1.82, 2.24) is 0 Å². The number of fused-ring (bicyclic) bond motifs is 3. The van der Waals surface area contributed by atoms with Gasteiger partial charge < -0.3 is 10.1 Å². The van der Waals surface area contributed by atoms with Gasteiger partial charge in [-0.2, -0.15) is 0 Å². The van der Waals surface area contributed by atoms with Crippen molar-refractivity contribution in [3.63, 3.8) is 0 Å². The Morgan fingerprint density at radius 3 is 2.53 bits per heavy atom. The van der Waals surface area contributed by atoms with E-state index in [-0.39, 0.29) is 6.04 Å². The minimum atomic E-state index is 0.276. The Kier molecular flexibility index (Phi) is 6.78. The van der Waals surface area contributed by atoms with Crippen LogP contribution in [0.1, 0.15) is 51.8 Å². The first kappa shape index (κ1) is 24.5. The number of hydrogen-bond acceptors (Lipinski definition) is 3. The average Bonchev–Trinajstić information content (AvgIpc) is 3.43. The molecule has 0 saturated heterocycles. The molecule has 3 atom stereocenters. The molecule has 0 aromatic heterocycles. The molecule has 190 valence electrons. The molecule has 4 heteroatoms. The molecule has 6 rings (SSSR count). The van der Waals surface area contributed by atoms with E-state index in [4.69, 9.17) is 21.3 Å². The first-order valence-corrected chi connectivity index (χ1v) is 13.6.